The number of rotatable bonds is 5. The normalized spacial score (nSPS) is 13.2. The molecule has 68 valence electrons. The molecule has 0 aromatic carbocycles. The molecule has 0 amide bonds. The van der Waals surface area contributed by atoms with Crippen molar-refractivity contribution in [1.82, 2.24) is 10.3 Å². The summed E-state index contributed by atoms with van der Waals surface area (Å²) in [6.07, 6.45) is 4.48. The van der Waals surface area contributed by atoms with Crippen LogP contribution in [-0.4, -0.2) is 11.5 Å². The van der Waals surface area contributed by atoms with E-state index in [-0.39, 0.29) is 0 Å². The third-order valence-electron chi connectivity index (χ3n) is 2.07. The van der Waals surface area contributed by atoms with Crippen molar-refractivity contribution >= 4 is 0 Å². The van der Waals surface area contributed by atoms with Crippen molar-refractivity contribution in [1.29, 1.82) is 0 Å². The predicted octanol–water partition coefficient (Wildman–Crippen LogP) is 2.47. The minimum Gasteiger partial charge on any atom is -0.364 e. The van der Waals surface area contributed by atoms with Gasteiger partial charge >= 0.3 is 0 Å². The standard InChI is InChI=1S/C10H18N2/c1-3-4-7-11-9(2)10-6-5-8-12-10/h5-6,8-9,11-12H,3-4,7H2,1-2H3. The highest BCUT2D eigenvalue weighted by atomic mass is 14.9. The van der Waals surface area contributed by atoms with Crippen LogP contribution in [0.3, 0.4) is 0 Å². The molecular weight excluding hydrogens is 148 g/mol. The maximum absolute atomic E-state index is 3.45. The first-order valence-electron chi connectivity index (χ1n) is 4.71. The van der Waals surface area contributed by atoms with Crippen molar-refractivity contribution in [3.8, 4) is 0 Å². The first-order chi connectivity index (χ1) is 5.84. The molecule has 1 atom stereocenters. The van der Waals surface area contributed by atoms with Gasteiger partial charge in [-0.3, -0.25) is 0 Å². The fourth-order valence-electron chi connectivity index (χ4n) is 1.22. The Balaban J connectivity index is 2.25. The van der Waals surface area contributed by atoms with Crippen molar-refractivity contribution in [2.75, 3.05) is 6.54 Å². The van der Waals surface area contributed by atoms with Gasteiger partial charge in [-0.2, -0.15) is 0 Å². The molecule has 0 fully saturated rings. The first-order valence-corrected chi connectivity index (χ1v) is 4.71. The summed E-state index contributed by atoms with van der Waals surface area (Å²) in [5.74, 6) is 0. The molecule has 2 nitrogen and oxygen atoms in total. The van der Waals surface area contributed by atoms with Gasteiger partial charge in [0.1, 0.15) is 0 Å². The summed E-state index contributed by atoms with van der Waals surface area (Å²) in [6, 6.07) is 4.60. The molecule has 0 saturated carbocycles. The van der Waals surface area contributed by atoms with Crippen molar-refractivity contribution in [3.05, 3.63) is 24.0 Å². The second kappa shape index (κ2) is 4.99. The van der Waals surface area contributed by atoms with Crippen LogP contribution in [0.4, 0.5) is 0 Å². The number of aromatic amines is 1. The van der Waals surface area contributed by atoms with Crippen LogP contribution in [0.1, 0.15) is 38.4 Å². The van der Waals surface area contributed by atoms with Crippen LogP contribution in [0.15, 0.2) is 18.3 Å². The van der Waals surface area contributed by atoms with Gasteiger partial charge in [0.05, 0.1) is 0 Å². The molecule has 1 aromatic heterocycles. The molecule has 2 heteroatoms. The summed E-state index contributed by atoms with van der Waals surface area (Å²) in [4.78, 5) is 3.20. The lowest BCUT2D eigenvalue weighted by Gasteiger charge is -2.11. The number of nitrogens with one attached hydrogen (secondary N) is 2. The van der Waals surface area contributed by atoms with E-state index in [1.54, 1.807) is 0 Å². The fourth-order valence-corrected chi connectivity index (χ4v) is 1.22. The van der Waals surface area contributed by atoms with E-state index in [2.05, 4.69) is 30.2 Å². The van der Waals surface area contributed by atoms with Gasteiger partial charge in [-0.1, -0.05) is 13.3 Å². The third kappa shape index (κ3) is 2.70. The average Bonchev–Trinajstić information content (AvgIpc) is 2.56. The topological polar surface area (TPSA) is 27.8 Å². The second-order valence-corrected chi connectivity index (χ2v) is 3.15. The Morgan fingerprint density at radius 3 is 3.00 bits per heavy atom. The Morgan fingerprint density at radius 2 is 2.42 bits per heavy atom. The van der Waals surface area contributed by atoms with Gasteiger partial charge in [0, 0.05) is 17.9 Å². The van der Waals surface area contributed by atoms with E-state index in [0.717, 1.165) is 6.54 Å². The van der Waals surface area contributed by atoms with Crippen LogP contribution >= 0.6 is 0 Å². The Bertz CT molecular complexity index is 192. The molecule has 0 aliphatic carbocycles. The van der Waals surface area contributed by atoms with Gasteiger partial charge in [-0.25, -0.2) is 0 Å². The van der Waals surface area contributed by atoms with Gasteiger partial charge in [-0.05, 0) is 32.0 Å². The number of hydrogen-bond donors (Lipinski definition) is 2. The van der Waals surface area contributed by atoms with Gasteiger partial charge in [0.15, 0.2) is 0 Å². The van der Waals surface area contributed by atoms with Crippen molar-refractivity contribution < 1.29 is 0 Å². The van der Waals surface area contributed by atoms with Crippen LogP contribution in [0, 0.1) is 0 Å². The molecule has 1 heterocycles. The lowest BCUT2D eigenvalue weighted by molar-refractivity contribution is 0.546. The SMILES string of the molecule is CCCCNC(C)c1ccc[nH]1. The van der Waals surface area contributed by atoms with Crippen LogP contribution in [0.2, 0.25) is 0 Å². The van der Waals surface area contributed by atoms with E-state index >= 15 is 0 Å². The summed E-state index contributed by atoms with van der Waals surface area (Å²) >= 11 is 0. The Labute approximate surface area is 74.4 Å². The molecule has 0 spiro atoms. The van der Waals surface area contributed by atoms with Gasteiger partial charge in [0.25, 0.3) is 0 Å². The molecule has 0 bridgehead atoms. The smallest absolute Gasteiger partial charge is 0.0444 e. The van der Waals surface area contributed by atoms with Crippen molar-refractivity contribution in [3.63, 3.8) is 0 Å². The summed E-state index contributed by atoms with van der Waals surface area (Å²) < 4.78 is 0. The zero-order chi connectivity index (χ0) is 8.81. The van der Waals surface area contributed by atoms with E-state index in [4.69, 9.17) is 0 Å². The summed E-state index contributed by atoms with van der Waals surface area (Å²) in [5, 5.41) is 3.45. The predicted molar refractivity (Wildman–Crippen MR) is 52.1 cm³/mol. The molecule has 0 saturated heterocycles. The zero-order valence-corrected chi connectivity index (χ0v) is 7.93. The number of hydrogen-bond acceptors (Lipinski definition) is 1. The zero-order valence-electron chi connectivity index (χ0n) is 7.93. The van der Waals surface area contributed by atoms with Crippen LogP contribution in [0.25, 0.3) is 0 Å². The molecule has 1 unspecified atom stereocenters. The minimum absolute atomic E-state index is 0.451. The molecule has 1 aromatic rings. The number of unbranched alkanes of at least 4 members (excludes halogenated alkanes) is 1. The summed E-state index contributed by atoms with van der Waals surface area (Å²) in [7, 11) is 0. The molecule has 2 N–H and O–H groups in total. The molecule has 0 radical (unpaired) electrons. The first kappa shape index (κ1) is 9.33. The van der Waals surface area contributed by atoms with E-state index in [9.17, 15) is 0 Å². The van der Waals surface area contributed by atoms with Gasteiger partial charge in [-0.15, -0.1) is 0 Å². The Hall–Kier alpha value is -0.760. The summed E-state index contributed by atoms with van der Waals surface area (Å²) in [5.41, 5.74) is 1.27. The van der Waals surface area contributed by atoms with Crippen LogP contribution < -0.4 is 5.32 Å². The Morgan fingerprint density at radius 1 is 1.58 bits per heavy atom. The minimum atomic E-state index is 0.451. The molecule has 1 rings (SSSR count). The summed E-state index contributed by atoms with van der Waals surface area (Å²) in [6.45, 7) is 5.50. The monoisotopic (exact) mass is 166 g/mol. The quantitative estimate of drug-likeness (QED) is 0.646. The molecule has 12 heavy (non-hydrogen) atoms. The Kier molecular flexibility index (Phi) is 3.88. The second-order valence-electron chi connectivity index (χ2n) is 3.15. The lowest BCUT2D eigenvalue weighted by Crippen LogP contribution is -2.19. The van der Waals surface area contributed by atoms with Crippen molar-refractivity contribution in [2.24, 2.45) is 0 Å². The van der Waals surface area contributed by atoms with E-state index < -0.39 is 0 Å². The third-order valence-corrected chi connectivity index (χ3v) is 2.07. The highest BCUT2D eigenvalue weighted by Crippen LogP contribution is 2.08. The van der Waals surface area contributed by atoms with Crippen LogP contribution in [-0.2, 0) is 0 Å². The largest absolute Gasteiger partial charge is 0.364 e. The molecule has 0 aliphatic rings. The fraction of sp³-hybridized carbons (Fsp3) is 0.600. The molecule has 0 aliphatic heterocycles. The number of aromatic nitrogens is 1. The van der Waals surface area contributed by atoms with Crippen molar-refractivity contribution in [2.45, 2.75) is 32.7 Å². The molecular formula is C10H18N2. The van der Waals surface area contributed by atoms with E-state index in [1.807, 2.05) is 12.3 Å². The maximum atomic E-state index is 3.45. The number of H-pyrrole nitrogens is 1. The highest BCUT2D eigenvalue weighted by Gasteiger charge is 2.02. The van der Waals surface area contributed by atoms with E-state index in [1.165, 1.54) is 18.5 Å². The average molecular weight is 166 g/mol. The maximum Gasteiger partial charge on any atom is 0.0444 e. The highest BCUT2D eigenvalue weighted by molar-refractivity contribution is 5.07. The lowest BCUT2D eigenvalue weighted by atomic mass is 10.2. The van der Waals surface area contributed by atoms with Gasteiger partial charge in [0.2, 0.25) is 0 Å². The van der Waals surface area contributed by atoms with Crippen LogP contribution in [0.5, 0.6) is 0 Å². The van der Waals surface area contributed by atoms with Gasteiger partial charge < -0.3 is 10.3 Å². The van der Waals surface area contributed by atoms with E-state index in [0.29, 0.717) is 6.04 Å².